The summed E-state index contributed by atoms with van der Waals surface area (Å²) in [5.41, 5.74) is 0.870. The molecule has 1 aliphatic heterocycles. The first kappa shape index (κ1) is 16.3. The quantitative estimate of drug-likeness (QED) is 0.911. The molecule has 0 saturated carbocycles. The molecule has 0 atom stereocenters. The fourth-order valence-electron chi connectivity index (χ4n) is 2.71. The zero-order valence-corrected chi connectivity index (χ0v) is 13.7. The SMILES string of the molecule is O=C(c1ccc(Cl)cc1)N1CCN(C(=O)c2ccccc2O)CC1. The second-order valence-corrected chi connectivity index (χ2v) is 6.04. The molecule has 0 radical (unpaired) electrons. The molecule has 0 spiro atoms. The van der Waals surface area contributed by atoms with Crippen LogP contribution in [0.2, 0.25) is 5.02 Å². The van der Waals surface area contributed by atoms with Gasteiger partial charge in [-0.15, -0.1) is 0 Å². The molecule has 2 aromatic rings. The first-order valence-corrected chi connectivity index (χ1v) is 8.06. The van der Waals surface area contributed by atoms with Gasteiger partial charge in [0, 0.05) is 36.8 Å². The molecule has 2 amide bonds. The predicted molar refractivity (Wildman–Crippen MR) is 91.4 cm³/mol. The number of aromatic hydroxyl groups is 1. The minimum absolute atomic E-state index is 0.0258. The summed E-state index contributed by atoms with van der Waals surface area (Å²) >= 11 is 5.84. The van der Waals surface area contributed by atoms with E-state index in [1.165, 1.54) is 6.07 Å². The Bertz CT molecular complexity index is 753. The Kier molecular flexibility index (Phi) is 4.71. The van der Waals surface area contributed by atoms with Crippen LogP contribution >= 0.6 is 11.6 Å². The number of halogens is 1. The van der Waals surface area contributed by atoms with Crippen LogP contribution in [-0.2, 0) is 0 Å². The lowest BCUT2D eigenvalue weighted by atomic mass is 10.1. The summed E-state index contributed by atoms with van der Waals surface area (Å²) in [4.78, 5) is 28.3. The number of amides is 2. The fraction of sp³-hybridized carbons (Fsp3) is 0.222. The van der Waals surface area contributed by atoms with Crippen molar-refractivity contribution in [3.8, 4) is 5.75 Å². The Hall–Kier alpha value is -2.53. The van der Waals surface area contributed by atoms with E-state index in [9.17, 15) is 14.7 Å². The Labute approximate surface area is 145 Å². The van der Waals surface area contributed by atoms with Crippen LogP contribution in [0.1, 0.15) is 20.7 Å². The van der Waals surface area contributed by atoms with E-state index in [-0.39, 0.29) is 23.1 Å². The van der Waals surface area contributed by atoms with Gasteiger partial charge in [0.2, 0.25) is 0 Å². The van der Waals surface area contributed by atoms with E-state index in [0.29, 0.717) is 36.8 Å². The van der Waals surface area contributed by atoms with Crippen molar-refractivity contribution in [1.29, 1.82) is 0 Å². The highest BCUT2D eigenvalue weighted by molar-refractivity contribution is 6.30. The van der Waals surface area contributed by atoms with Crippen molar-refractivity contribution in [1.82, 2.24) is 9.80 Å². The Morgan fingerprint density at radius 3 is 1.96 bits per heavy atom. The van der Waals surface area contributed by atoms with Gasteiger partial charge >= 0.3 is 0 Å². The fourth-order valence-corrected chi connectivity index (χ4v) is 2.84. The van der Waals surface area contributed by atoms with Crippen molar-refractivity contribution < 1.29 is 14.7 Å². The molecule has 1 heterocycles. The normalized spacial score (nSPS) is 14.5. The van der Waals surface area contributed by atoms with E-state index < -0.39 is 0 Å². The van der Waals surface area contributed by atoms with Crippen LogP contribution < -0.4 is 0 Å². The van der Waals surface area contributed by atoms with Crippen molar-refractivity contribution in [2.45, 2.75) is 0 Å². The average Bonchev–Trinajstić information content (AvgIpc) is 2.62. The molecule has 5 nitrogen and oxygen atoms in total. The lowest BCUT2D eigenvalue weighted by Crippen LogP contribution is -2.50. The number of hydrogen-bond acceptors (Lipinski definition) is 3. The third kappa shape index (κ3) is 3.36. The van der Waals surface area contributed by atoms with Gasteiger partial charge in [-0.25, -0.2) is 0 Å². The highest BCUT2D eigenvalue weighted by Gasteiger charge is 2.26. The van der Waals surface area contributed by atoms with Crippen molar-refractivity contribution in [2.75, 3.05) is 26.2 Å². The highest BCUT2D eigenvalue weighted by atomic mass is 35.5. The second-order valence-electron chi connectivity index (χ2n) is 5.61. The Morgan fingerprint density at radius 2 is 1.38 bits per heavy atom. The third-order valence-corrected chi connectivity index (χ3v) is 4.33. The second kappa shape index (κ2) is 6.93. The number of nitrogens with zero attached hydrogens (tertiary/aromatic N) is 2. The highest BCUT2D eigenvalue weighted by Crippen LogP contribution is 2.19. The smallest absolute Gasteiger partial charge is 0.257 e. The molecular formula is C18H17ClN2O3. The van der Waals surface area contributed by atoms with Gasteiger partial charge in [0.05, 0.1) is 5.56 Å². The van der Waals surface area contributed by atoms with Crippen LogP contribution in [0.4, 0.5) is 0 Å². The summed E-state index contributed by atoms with van der Waals surface area (Å²) in [7, 11) is 0. The molecule has 0 unspecified atom stereocenters. The molecular weight excluding hydrogens is 328 g/mol. The van der Waals surface area contributed by atoms with Crippen LogP contribution in [0, 0.1) is 0 Å². The predicted octanol–water partition coefficient (Wildman–Crippen LogP) is 2.64. The number of carbonyl (C=O) groups is 2. The van der Waals surface area contributed by atoms with E-state index in [2.05, 4.69) is 0 Å². The summed E-state index contributed by atoms with van der Waals surface area (Å²) in [5.74, 6) is -0.310. The van der Waals surface area contributed by atoms with Crippen LogP contribution in [-0.4, -0.2) is 52.9 Å². The van der Waals surface area contributed by atoms with E-state index >= 15 is 0 Å². The maximum absolute atomic E-state index is 12.5. The number of carbonyl (C=O) groups excluding carboxylic acids is 2. The van der Waals surface area contributed by atoms with E-state index in [0.717, 1.165) is 0 Å². The standard InChI is InChI=1S/C18H17ClN2O3/c19-14-7-5-13(6-8-14)17(23)20-9-11-21(12-10-20)18(24)15-3-1-2-4-16(15)22/h1-8,22H,9-12H2. The maximum Gasteiger partial charge on any atom is 0.257 e. The molecule has 1 N–H and O–H groups in total. The summed E-state index contributed by atoms with van der Waals surface area (Å²) in [6, 6.07) is 13.3. The molecule has 1 aliphatic rings. The molecule has 6 heteroatoms. The molecule has 124 valence electrons. The van der Waals surface area contributed by atoms with Crippen molar-refractivity contribution in [2.24, 2.45) is 0 Å². The number of piperazine rings is 1. The number of phenolic OH excluding ortho intramolecular Hbond substituents is 1. The molecule has 1 saturated heterocycles. The van der Waals surface area contributed by atoms with E-state index in [1.54, 1.807) is 52.3 Å². The molecule has 24 heavy (non-hydrogen) atoms. The van der Waals surface area contributed by atoms with Gasteiger partial charge in [-0.2, -0.15) is 0 Å². The summed E-state index contributed by atoms with van der Waals surface area (Å²) in [5, 5.41) is 10.4. The summed E-state index contributed by atoms with van der Waals surface area (Å²) in [6.45, 7) is 1.79. The number of hydrogen-bond donors (Lipinski definition) is 1. The van der Waals surface area contributed by atoms with Crippen LogP contribution in [0.5, 0.6) is 5.75 Å². The van der Waals surface area contributed by atoms with Crippen LogP contribution in [0.15, 0.2) is 48.5 Å². The van der Waals surface area contributed by atoms with Gasteiger partial charge < -0.3 is 14.9 Å². The van der Waals surface area contributed by atoms with Gasteiger partial charge in [-0.05, 0) is 36.4 Å². The molecule has 0 bridgehead atoms. The topological polar surface area (TPSA) is 60.9 Å². The number of phenols is 1. The van der Waals surface area contributed by atoms with Gasteiger partial charge in [0.25, 0.3) is 11.8 Å². The molecule has 3 rings (SSSR count). The Morgan fingerprint density at radius 1 is 0.833 bits per heavy atom. The minimum Gasteiger partial charge on any atom is -0.507 e. The Balaban J connectivity index is 1.63. The van der Waals surface area contributed by atoms with Gasteiger partial charge in [0.15, 0.2) is 0 Å². The largest absolute Gasteiger partial charge is 0.507 e. The summed E-state index contributed by atoms with van der Waals surface area (Å²) < 4.78 is 0. The minimum atomic E-state index is -0.216. The number of benzene rings is 2. The van der Waals surface area contributed by atoms with Gasteiger partial charge in [0.1, 0.15) is 5.75 Å². The first-order valence-electron chi connectivity index (χ1n) is 7.68. The van der Waals surface area contributed by atoms with Gasteiger partial charge in [-0.1, -0.05) is 23.7 Å². The average molecular weight is 345 g/mol. The monoisotopic (exact) mass is 344 g/mol. The van der Waals surface area contributed by atoms with E-state index in [1.807, 2.05) is 0 Å². The number of para-hydroxylation sites is 1. The zero-order valence-electron chi connectivity index (χ0n) is 13.0. The van der Waals surface area contributed by atoms with E-state index in [4.69, 9.17) is 11.6 Å². The lowest BCUT2D eigenvalue weighted by Gasteiger charge is -2.35. The number of rotatable bonds is 2. The van der Waals surface area contributed by atoms with Gasteiger partial charge in [-0.3, -0.25) is 9.59 Å². The lowest BCUT2D eigenvalue weighted by molar-refractivity contribution is 0.0533. The molecule has 0 aromatic heterocycles. The van der Waals surface area contributed by atoms with Crippen molar-refractivity contribution in [3.63, 3.8) is 0 Å². The van der Waals surface area contributed by atoms with Crippen LogP contribution in [0.3, 0.4) is 0 Å². The van der Waals surface area contributed by atoms with Crippen molar-refractivity contribution >= 4 is 23.4 Å². The van der Waals surface area contributed by atoms with Crippen LogP contribution in [0.25, 0.3) is 0 Å². The summed E-state index contributed by atoms with van der Waals surface area (Å²) in [6.07, 6.45) is 0. The first-order chi connectivity index (χ1) is 11.6. The third-order valence-electron chi connectivity index (χ3n) is 4.08. The molecule has 2 aromatic carbocycles. The zero-order chi connectivity index (χ0) is 17.1. The molecule has 1 fully saturated rings. The van der Waals surface area contributed by atoms with Crippen molar-refractivity contribution in [3.05, 3.63) is 64.7 Å². The maximum atomic E-state index is 12.5. The molecule has 0 aliphatic carbocycles.